The molecule has 1 saturated carbocycles. The van der Waals surface area contributed by atoms with E-state index in [0.717, 1.165) is 25.3 Å². The van der Waals surface area contributed by atoms with Crippen molar-refractivity contribution in [3.8, 4) is 0 Å². The van der Waals surface area contributed by atoms with E-state index < -0.39 is 23.8 Å². The summed E-state index contributed by atoms with van der Waals surface area (Å²) < 4.78 is 42.5. The highest BCUT2D eigenvalue weighted by molar-refractivity contribution is 5.75. The SMILES string of the molecule is CC(F)(F)c1ccc(CN(c2ncnc(NCC3CCN(CC(N)=O)CC3O)c2F)C2CC2)cc1. The molecule has 2 heterocycles. The van der Waals surface area contributed by atoms with Gasteiger partial charge in [0.15, 0.2) is 11.6 Å². The molecular formula is C24H31F3N6O2. The molecule has 0 radical (unpaired) electrons. The normalized spacial score (nSPS) is 21.1. The quantitative estimate of drug-likeness (QED) is 0.468. The lowest BCUT2D eigenvalue weighted by molar-refractivity contribution is -0.120. The number of nitrogens with two attached hydrogens (primary N) is 1. The molecule has 1 saturated heterocycles. The summed E-state index contributed by atoms with van der Waals surface area (Å²) in [4.78, 5) is 23.0. The number of anilines is 2. The Kier molecular flexibility index (Phi) is 7.46. The third-order valence-electron chi connectivity index (χ3n) is 6.56. The summed E-state index contributed by atoms with van der Waals surface area (Å²) in [5.41, 5.74) is 5.94. The molecule has 1 aliphatic carbocycles. The third kappa shape index (κ3) is 6.40. The summed E-state index contributed by atoms with van der Waals surface area (Å²) in [5.74, 6) is -3.87. The number of alkyl halides is 2. The molecule has 1 amide bonds. The average Bonchev–Trinajstić information content (AvgIpc) is 3.63. The van der Waals surface area contributed by atoms with Crippen LogP contribution in [0, 0.1) is 11.7 Å². The molecule has 0 bridgehead atoms. The minimum absolute atomic E-state index is 0.0494. The van der Waals surface area contributed by atoms with Crippen LogP contribution in [0.3, 0.4) is 0 Å². The van der Waals surface area contributed by atoms with Gasteiger partial charge >= 0.3 is 0 Å². The van der Waals surface area contributed by atoms with Gasteiger partial charge in [-0.15, -0.1) is 0 Å². The number of hydrogen-bond acceptors (Lipinski definition) is 7. The number of nitrogens with one attached hydrogen (secondary N) is 1. The highest BCUT2D eigenvalue weighted by Crippen LogP contribution is 2.35. The molecule has 35 heavy (non-hydrogen) atoms. The maximum Gasteiger partial charge on any atom is 0.270 e. The fourth-order valence-corrected chi connectivity index (χ4v) is 4.42. The first-order chi connectivity index (χ1) is 16.6. The van der Waals surface area contributed by atoms with Gasteiger partial charge in [0.05, 0.1) is 12.6 Å². The Bertz CT molecular complexity index is 1030. The number of likely N-dealkylation sites (tertiary alicyclic amines) is 1. The van der Waals surface area contributed by atoms with Crippen molar-refractivity contribution in [1.29, 1.82) is 0 Å². The smallest absolute Gasteiger partial charge is 0.270 e. The second-order valence-electron chi connectivity index (χ2n) is 9.50. The second-order valence-corrected chi connectivity index (χ2v) is 9.50. The van der Waals surface area contributed by atoms with E-state index in [-0.39, 0.29) is 35.7 Å². The number of rotatable bonds is 10. The highest BCUT2D eigenvalue weighted by Gasteiger charge is 2.33. The van der Waals surface area contributed by atoms with Crippen molar-refractivity contribution in [1.82, 2.24) is 14.9 Å². The van der Waals surface area contributed by atoms with Crippen molar-refractivity contribution in [3.63, 3.8) is 0 Å². The van der Waals surface area contributed by atoms with Crippen LogP contribution in [0.2, 0.25) is 0 Å². The van der Waals surface area contributed by atoms with E-state index in [1.165, 1.54) is 18.5 Å². The number of primary amides is 1. The Morgan fingerprint density at radius 2 is 1.97 bits per heavy atom. The third-order valence-corrected chi connectivity index (χ3v) is 6.56. The number of amides is 1. The van der Waals surface area contributed by atoms with E-state index in [1.807, 2.05) is 4.90 Å². The summed E-state index contributed by atoms with van der Waals surface area (Å²) in [6.07, 6.45) is 3.03. The summed E-state index contributed by atoms with van der Waals surface area (Å²) in [7, 11) is 0. The zero-order chi connectivity index (χ0) is 25.2. The van der Waals surface area contributed by atoms with Gasteiger partial charge in [-0.05, 0) is 31.4 Å². The second kappa shape index (κ2) is 10.4. The number of aromatic nitrogens is 2. The van der Waals surface area contributed by atoms with E-state index in [2.05, 4.69) is 15.3 Å². The number of benzene rings is 1. The van der Waals surface area contributed by atoms with Gasteiger partial charge in [-0.1, -0.05) is 24.3 Å². The Morgan fingerprint density at radius 3 is 2.57 bits per heavy atom. The Balaban J connectivity index is 1.42. The molecule has 1 aromatic heterocycles. The fraction of sp³-hybridized carbons (Fsp3) is 0.542. The molecule has 4 N–H and O–H groups in total. The first-order valence-corrected chi connectivity index (χ1v) is 11.8. The van der Waals surface area contributed by atoms with Crippen molar-refractivity contribution in [2.75, 3.05) is 36.4 Å². The Hall–Kier alpha value is -2.92. The molecule has 0 spiro atoms. The fourth-order valence-electron chi connectivity index (χ4n) is 4.42. The van der Waals surface area contributed by atoms with Gasteiger partial charge < -0.3 is 21.1 Å². The zero-order valence-corrected chi connectivity index (χ0v) is 19.6. The van der Waals surface area contributed by atoms with Crippen LogP contribution in [-0.4, -0.2) is 64.2 Å². The molecule has 190 valence electrons. The van der Waals surface area contributed by atoms with Gasteiger partial charge in [0.1, 0.15) is 6.33 Å². The van der Waals surface area contributed by atoms with Crippen LogP contribution in [0.25, 0.3) is 0 Å². The van der Waals surface area contributed by atoms with Crippen molar-refractivity contribution in [2.45, 2.75) is 50.8 Å². The van der Waals surface area contributed by atoms with Crippen LogP contribution in [0.1, 0.15) is 37.3 Å². The number of piperidine rings is 1. The number of nitrogens with zero attached hydrogens (tertiary/aromatic N) is 4. The van der Waals surface area contributed by atoms with Crippen LogP contribution >= 0.6 is 0 Å². The topological polar surface area (TPSA) is 108 Å². The van der Waals surface area contributed by atoms with Crippen LogP contribution in [0.15, 0.2) is 30.6 Å². The predicted octanol–water partition coefficient (Wildman–Crippen LogP) is 2.48. The summed E-state index contributed by atoms with van der Waals surface area (Å²) >= 11 is 0. The van der Waals surface area contributed by atoms with Gasteiger partial charge in [-0.3, -0.25) is 9.69 Å². The van der Waals surface area contributed by atoms with Crippen molar-refractivity contribution >= 4 is 17.5 Å². The molecule has 1 aliphatic heterocycles. The van der Waals surface area contributed by atoms with Gasteiger partial charge in [-0.2, -0.15) is 4.39 Å². The summed E-state index contributed by atoms with van der Waals surface area (Å²) in [6, 6.07) is 6.17. The molecule has 2 aromatic rings. The molecule has 1 aromatic carbocycles. The number of halogens is 3. The summed E-state index contributed by atoms with van der Waals surface area (Å²) in [6.45, 7) is 2.54. The van der Waals surface area contributed by atoms with Crippen LogP contribution in [0.4, 0.5) is 24.8 Å². The lowest BCUT2D eigenvalue weighted by Crippen LogP contribution is -2.48. The van der Waals surface area contributed by atoms with Gasteiger partial charge in [0.25, 0.3) is 5.92 Å². The van der Waals surface area contributed by atoms with Crippen molar-refractivity contribution in [2.24, 2.45) is 11.7 Å². The summed E-state index contributed by atoms with van der Waals surface area (Å²) in [5, 5.41) is 13.4. The molecular weight excluding hydrogens is 461 g/mol. The molecule has 2 atom stereocenters. The van der Waals surface area contributed by atoms with E-state index in [4.69, 9.17) is 5.73 Å². The van der Waals surface area contributed by atoms with Crippen LogP contribution in [-0.2, 0) is 17.3 Å². The molecule has 8 nitrogen and oxygen atoms in total. The van der Waals surface area contributed by atoms with Gasteiger partial charge in [-0.25, -0.2) is 18.7 Å². The number of aliphatic hydroxyl groups is 1. The van der Waals surface area contributed by atoms with Crippen molar-refractivity contribution in [3.05, 3.63) is 47.5 Å². The molecule has 2 aliphatic rings. The maximum absolute atomic E-state index is 15.4. The lowest BCUT2D eigenvalue weighted by Gasteiger charge is -2.35. The number of hydrogen-bond donors (Lipinski definition) is 3. The number of β-amino-alcohol motifs (C(OH)–C–C–N with tert-alkyl or cyclic N) is 1. The standard InChI is InChI=1S/C24H31F3N6O2/c1-24(26,27)17-4-2-15(3-5-17)11-33(18-6-7-18)23-21(25)22(30-14-31-23)29-10-16-8-9-32(12-19(16)34)13-20(28)35/h2-5,14,16,18-19,34H,6-13H2,1H3,(H2,28,35)(H,29,30,31). The Labute approximate surface area is 202 Å². The predicted molar refractivity (Wildman–Crippen MR) is 125 cm³/mol. The lowest BCUT2D eigenvalue weighted by atomic mass is 9.93. The first kappa shape index (κ1) is 25.2. The molecule has 2 unspecified atom stereocenters. The minimum atomic E-state index is -2.92. The zero-order valence-electron chi connectivity index (χ0n) is 19.6. The largest absolute Gasteiger partial charge is 0.391 e. The Morgan fingerprint density at radius 1 is 1.26 bits per heavy atom. The van der Waals surface area contributed by atoms with E-state index in [9.17, 15) is 18.7 Å². The monoisotopic (exact) mass is 492 g/mol. The van der Waals surface area contributed by atoms with Gasteiger partial charge in [0, 0.05) is 44.1 Å². The van der Waals surface area contributed by atoms with Crippen LogP contribution in [0.5, 0.6) is 0 Å². The first-order valence-electron chi connectivity index (χ1n) is 11.8. The van der Waals surface area contributed by atoms with E-state index >= 15 is 4.39 Å². The molecule has 2 fully saturated rings. The van der Waals surface area contributed by atoms with E-state index in [1.54, 1.807) is 17.0 Å². The average molecular weight is 493 g/mol. The molecule has 11 heteroatoms. The number of carbonyl (C=O) groups is 1. The minimum Gasteiger partial charge on any atom is -0.391 e. The van der Waals surface area contributed by atoms with Crippen LogP contribution < -0.4 is 16.0 Å². The van der Waals surface area contributed by atoms with Crippen molar-refractivity contribution < 1.29 is 23.1 Å². The number of aliphatic hydroxyl groups excluding tert-OH is 1. The van der Waals surface area contributed by atoms with E-state index in [0.29, 0.717) is 32.6 Å². The number of carbonyl (C=O) groups excluding carboxylic acids is 1. The molecule has 4 rings (SSSR count). The highest BCUT2D eigenvalue weighted by atomic mass is 19.3. The maximum atomic E-state index is 15.4. The van der Waals surface area contributed by atoms with Gasteiger partial charge in [0.2, 0.25) is 11.7 Å².